The third-order valence-corrected chi connectivity index (χ3v) is 2.49. The fourth-order valence-electron chi connectivity index (χ4n) is 1.18. The molecule has 0 spiro atoms. The first kappa shape index (κ1) is 12.7. The zero-order chi connectivity index (χ0) is 13.1. The molecule has 0 N–H and O–H groups in total. The van der Waals surface area contributed by atoms with E-state index in [0.717, 1.165) is 0 Å². The van der Waals surface area contributed by atoms with Gasteiger partial charge in [-0.05, 0) is 39.7 Å². The van der Waals surface area contributed by atoms with Crippen molar-refractivity contribution in [2.75, 3.05) is 0 Å². The lowest BCUT2D eigenvalue weighted by Crippen LogP contribution is -1.92. The van der Waals surface area contributed by atoms with Crippen LogP contribution in [0.15, 0.2) is 34.9 Å². The fraction of sp³-hybridized carbons (Fsp3) is 0. The summed E-state index contributed by atoms with van der Waals surface area (Å²) in [5.41, 5.74) is -0.00995. The van der Waals surface area contributed by atoms with Crippen molar-refractivity contribution in [1.29, 1.82) is 0 Å². The molecule has 0 bridgehead atoms. The highest BCUT2D eigenvalue weighted by molar-refractivity contribution is 9.10. The molecule has 0 amide bonds. The number of hydrogen-bond donors (Lipinski definition) is 0. The van der Waals surface area contributed by atoms with E-state index in [2.05, 4.69) is 25.9 Å². The highest BCUT2D eigenvalue weighted by Crippen LogP contribution is 2.24. The van der Waals surface area contributed by atoms with Gasteiger partial charge in [0.2, 0.25) is 11.2 Å². The first-order chi connectivity index (χ1) is 8.54. The average molecular weight is 331 g/mol. The molecule has 0 aliphatic carbocycles. The van der Waals surface area contributed by atoms with Gasteiger partial charge in [0.15, 0.2) is 0 Å². The number of ether oxygens (including phenoxy) is 1. The topological polar surface area (TPSA) is 78.2 Å². The Balaban J connectivity index is 2.20. The van der Waals surface area contributed by atoms with E-state index in [9.17, 15) is 10.1 Å². The monoisotopic (exact) mass is 329 g/mol. The minimum Gasteiger partial charge on any atom is -0.439 e. The summed E-state index contributed by atoms with van der Waals surface area (Å²) >= 11 is 8.81. The molecule has 0 aliphatic rings. The van der Waals surface area contributed by atoms with Gasteiger partial charge in [-0.25, -0.2) is 4.98 Å². The molecule has 92 valence electrons. The van der Waals surface area contributed by atoms with Crippen molar-refractivity contribution in [2.24, 2.45) is 0 Å². The molecule has 6 nitrogen and oxygen atoms in total. The molecule has 8 heteroatoms. The number of halogens is 2. The van der Waals surface area contributed by atoms with Crippen LogP contribution in [0.1, 0.15) is 0 Å². The minimum absolute atomic E-state index is 0.00995. The van der Waals surface area contributed by atoms with Crippen LogP contribution in [0.25, 0.3) is 0 Å². The van der Waals surface area contributed by atoms with Gasteiger partial charge in [-0.1, -0.05) is 0 Å². The van der Waals surface area contributed by atoms with Crippen LogP contribution < -0.4 is 4.74 Å². The van der Waals surface area contributed by atoms with Crippen molar-refractivity contribution in [3.05, 3.63) is 50.3 Å². The molecule has 0 aliphatic heterocycles. The molecule has 0 radical (unpaired) electrons. The van der Waals surface area contributed by atoms with E-state index in [1.54, 1.807) is 0 Å². The van der Waals surface area contributed by atoms with E-state index in [0.29, 0.717) is 10.4 Å². The summed E-state index contributed by atoms with van der Waals surface area (Å²) in [6.07, 6.45) is 0. The summed E-state index contributed by atoms with van der Waals surface area (Å²) in [4.78, 5) is 17.7. The molecule has 2 aromatic rings. The molecule has 0 fully saturated rings. The summed E-state index contributed by atoms with van der Waals surface area (Å²) < 4.78 is 5.87. The maximum absolute atomic E-state index is 10.5. The Morgan fingerprint density at radius 3 is 2.50 bits per heavy atom. The van der Waals surface area contributed by atoms with Gasteiger partial charge in [0, 0.05) is 18.2 Å². The van der Waals surface area contributed by atoms with Gasteiger partial charge in [0.25, 0.3) is 5.69 Å². The molecule has 1 heterocycles. The second-order valence-corrected chi connectivity index (χ2v) is 4.30. The van der Waals surface area contributed by atoms with Gasteiger partial charge >= 0.3 is 0 Å². The summed E-state index contributed by atoms with van der Waals surface area (Å²) in [7, 11) is 0. The van der Waals surface area contributed by atoms with Crippen LogP contribution in [0.4, 0.5) is 5.69 Å². The highest BCUT2D eigenvalue weighted by Gasteiger charge is 2.07. The van der Waals surface area contributed by atoms with Gasteiger partial charge in [-0.2, -0.15) is 4.98 Å². The standard InChI is InChI=1S/C10H5BrClN3O3/c11-8-5-9(14-10(12)13-8)18-7-3-1-6(2-4-7)15(16)17/h1-5H. The number of nitro benzene ring substituents is 1. The summed E-state index contributed by atoms with van der Waals surface area (Å²) in [6.45, 7) is 0. The first-order valence-corrected chi connectivity index (χ1v) is 5.84. The fourth-order valence-corrected chi connectivity index (χ4v) is 1.82. The molecule has 0 saturated heterocycles. The van der Waals surface area contributed by atoms with Gasteiger partial charge in [-0.3, -0.25) is 10.1 Å². The number of non-ortho nitro benzene ring substituents is 1. The third-order valence-electron chi connectivity index (χ3n) is 1.91. The van der Waals surface area contributed by atoms with Gasteiger partial charge < -0.3 is 4.74 Å². The van der Waals surface area contributed by atoms with E-state index in [-0.39, 0.29) is 16.9 Å². The SMILES string of the molecule is O=[N+]([O-])c1ccc(Oc2cc(Br)nc(Cl)n2)cc1. The van der Waals surface area contributed by atoms with E-state index in [1.165, 1.54) is 30.3 Å². The van der Waals surface area contributed by atoms with E-state index < -0.39 is 4.92 Å². The number of aromatic nitrogens is 2. The average Bonchev–Trinajstić information content (AvgIpc) is 2.28. The lowest BCUT2D eigenvalue weighted by molar-refractivity contribution is -0.384. The molecule has 0 saturated carbocycles. The highest BCUT2D eigenvalue weighted by atomic mass is 79.9. The van der Waals surface area contributed by atoms with Crippen LogP contribution in [0, 0.1) is 10.1 Å². The van der Waals surface area contributed by atoms with E-state index >= 15 is 0 Å². The third kappa shape index (κ3) is 3.14. The molecule has 2 rings (SSSR count). The molecular weight excluding hydrogens is 325 g/mol. The quantitative estimate of drug-likeness (QED) is 0.372. The summed E-state index contributed by atoms with van der Waals surface area (Å²) in [5.74, 6) is 0.665. The Morgan fingerprint density at radius 2 is 1.94 bits per heavy atom. The molecule has 18 heavy (non-hydrogen) atoms. The Labute approximate surface area is 115 Å². The first-order valence-electron chi connectivity index (χ1n) is 4.67. The van der Waals surface area contributed by atoms with Crippen molar-refractivity contribution in [2.45, 2.75) is 0 Å². The Kier molecular flexibility index (Phi) is 3.73. The smallest absolute Gasteiger partial charge is 0.269 e. The lowest BCUT2D eigenvalue weighted by Gasteiger charge is -2.04. The Bertz CT molecular complexity index is 571. The normalized spacial score (nSPS) is 10.1. The zero-order valence-corrected chi connectivity index (χ0v) is 11.1. The minimum atomic E-state index is -0.484. The molecule has 1 aromatic carbocycles. The summed E-state index contributed by atoms with van der Waals surface area (Å²) in [5, 5.41) is 10.5. The number of nitro groups is 1. The van der Waals surface area contributed by atoms with Crippen LogP contribution >= 0.6 is 27.5 Å². The van der Waals surface area contributed by atoms with Crippen molar-refractivity contribution in [3.8, 4) is 11.6 Å². The number of nitrogens with zero attached hydrogens (tertiary/aromatic N) is 3. The van der Waals surface area contributed by atoms with Crippen LogP contribution in [0.3, 0.4) is 0 Å². The van der Waals surface area contributed by atoms with Crippen molar-refractivity contribution in [1.82, 2.24) is 9.97 Å². The molecule has 0 atom stereocenters. The van der Waals surface area contributed by atoms with Crippen LogP contribution in [0.2, 0.25) is 5.28 Å². The number of rotatable bonds is 3. The van der Waals surface area contributed by atoms with Crippen molar-refractivity contribution < 1.29 is 9.66 Å². The molecule has 0 unspecified atom stereocenters. The van der Waals surface area contributed by atoms with Crippen LogP contribution in [-0.2, 0) is 0 Å². The lowest BCUT2D eigenvalue weighted by atomic mass is 10.3. The van der Waals surface area contributed by atoms with Crippen molar-refractivity contribution >= 4 is 33.2 Å². The maximum Gasteiger partial charge on any atom is 0.269 e. The van der Waals surface area contributed by atoms with Crippen LogP contribution in [0.5, 0.6) is 11.6 Å². The number of benzene rings is 1. The predicted octanol–water partition coefficient (Wildman–Crippen LogP) is 3.59. The van der Waals surface area contributed by atoms with Gasteiger partial charge in [-0.15, -0.1) is 0 Å². The van der Waals surface area contributed by atoms with Gasteiger partial charge in [0.1, 0.15) is 10.4 Å². The Hall–Kier alpha value is -1.73. The second kappa shape index (κ2) is 5.28. The molecular formula is C10H5BrClN3O3. The largest absolute Gasteiger partial charge is 0.439 e. The second-order valence-electron chi connectivity index (χ2n) is 3.15. The van der Waals surface area contributed by atoms with Gasteiger partial charge in [0.05, 0.1) is 4.92 Å². The number of hydrogen-bond acceptors (Lipinski definition) is 5. The van der Waals surface area contributed by atoms with Crippen LogP contribution in [-0.4, -0.2) is 14.9 Å². The zero-order valence-electron chi connectivity index (χ0n) is 8.71. The summed E-state index contributed by atoms with van der Waals surface area (Å²) in [6, 6.07) is 7.16. The van der Waals surface area contributed by atoms with E-state index in [1.807, 2.05) is 0 Å². The Morgan fingerprint density at radius 1 is 1.28 bits per heavy atom. The van der Waals surface area contributed by atoms with E-state index in [4.69, 9.17) is 16.3 Å². The molecule has 1 aromatic heterocycles. The maximum atomic E-state index is 10.5. The predicted molar refractivity (Wildman–Crippen MR) is 67.9 cm³/mol. The van der Waals surface area contributed by atoms with Crippen molar-refractivity contribution in [3.63, 3.8) is 0 Å².